The summed E-state index contributed by atoms with van der Waals surface area (Å²) in [4.78, 5) is 11.0. The third-order valence-electron chi connectivity index (χ3n) is 3.70. The Bertz CT molecular complexity index is 439. The number of unbranched alkanes of at least 4 members (excludes halogenated alkanes) is 1. The molecule has 1 rings (SSSR count). The second kappa shape index (κ2) is 10.3. The van der Waals surface area contributed by atoms with Gasteiger partial charge in [-0.25, -0.2) is 4.98 Å². The molecule has 0 aliphatic carbocycles. The SMILES string of the molecule is CCCCNc1nc(N)nc(C)c1CCCN(C)CCOC. The van der Waals surface area contributed by atoms with Gasteiger partial charge in [-0.15, -0.1) is 0 Å². The molecule has 3 N–H and O–H groups in total. The molecule has 0 aliphatic rings. The van der Waals surface area contributed by atoms with E-state index < -0.39 is 0 Å². The Morgan fingerprint density at radius 1 is 1.23 bits per heavy atom. The molecule has 6 nitrogen and oxygen atoms in total. The van der Waals surface area contributed by atoms with Crippen molar-refractivity contribution in [1.82, 2.24) is 14.9 Å². The first-order chi connectivity index (χ1) is 10.6. The van der Waals surface area contributed by atoms with Crippen molar-refractivity contribution in [2.45, 2.75) is 39.5 Å². The van der Waals surface area contributed by atoms with Gasteiger partial charge in [-0.2, -0.15) is 4.98 Å². The fourth-order valence-electron chi connectivity index (χ4n) is 2.33. The highest BCUT2D eigenvalue weighted by atomic mass is 16.5. The third-order valence-corrected chi connectivity index (χ3v) is 3.70. The molecule has 0 atom stereocenters. The predicted molar refractivity (Wildman–Crippen MR) is 92.3 cm³/mol. The van der Waals surface area contributed by atoms with Crippen molar-refractivity contribution in [1.29, 1.82) is 0 Å². The third kappa shape index (κ3) is 6.58. The summed E-state index contributed by atoms with van der Waals surface area (Å²) in [5.41, 5.74) is 7.94. The van der Waals surface area contributed by atoms with Crippen LogP contribution in [0.3, 0.4) is 0 Å². The number of hydrogen-bond donors (Lipinski definition) is 2. The lowest BCUT2D eigenvalue weighted by Crippen LogP contribution is -2.24. The van der Waals surface area contributed by atoms with Crippen molar-refractivity contribution >= 4 is 11.8 Å². The topological polar surface area (TPSA) is 76.3 Å². The number of nitrogens with zero attached hydrogens (tertiary/aromatic N) is 3. The number of ether oxygens (including phenoxy) is 1. The number of nitrogens with one attached hydrogen (secondary N) is 1. The van der Waals surface area contributed by atoms with Crippen LogP contribution < -0.4 is 11.1 Å². The number of likely N-dealkylation sites (N-methyl/N-ethyl adjacent to an activating group) is 1. The second-order valence-corrected chi connectivity index (χ2v) is 5.67. The van der Waals surface area contributed by atoms with Gasteiger partial charge in [-0.1, -0.05) is 13.3 Å². The zero-order valence-electron chi connectivity index (χ0n) is 14.5. The van der Waals surface area contributed by atoms with Crippen molar-refractivity contribution < 1.29 is 4.74 Å². The Labute approximate surface area is 134 Å². The lowest BCUT2D eigenvalue weighted by atomic mass is 10.1. The standard InChI is InChI=1S/C16H31N5O/c1-5-6-9-18-15-14(13(2)19-16(17)20-15)8-7-10-21(3)11-12-22-4/h5-12H2,1-4H3,(H3,17,18,19,20). The van der Waals surface area contributed by atoms with E-state index in [4.69, 9.17) is 10.5 Å². The lowest BCUT2D eigenvalue weighted by Gasteiger charge is -2.17. The van der Waals surface area contributed by atoms with Crippen LogP contribution in [0.2, 0.25) is 0 Å². The largest absolute Gasteiger partial charge is 0.383 e. The Kier molecular flexibility index (Phi) is 8.77. The van der Waals surface area contributed by atoms with Gasteiger partial charge in [0, 0.05) is 31.5 Å². The number of anilines is 2. The van der Waals surface area contributed by atoms with E-state index in [1.54, 1.807) is 7.11 Å². The molecule has 0 amide bonds. The summed E-state index contributed by atoms with van der Waals surface area (Å²) in [5.74, 6) is 1.25. The number of rotatable bonds is 11. The number of nitrogens with two attached hydrogens (primary N) is 1. The molecule has 22 heavy (non-hydrogen) atoms. The van der Waals surface area contributed by atoms with Gasteiger partial charge >= 0.3 is 0 Å². The molecule has 0 unspecified atom stereocenters. The van der Waals surface area contributed by atoms with E-state index in [1.165, 1.54) is 5.56 Å². The van der Waals surface area contributed by atoms with Crippen LogP contribution in [0.15, 0.2) is 0 Å². The molecule has 1 aromatic heterocycles. The number of aryl methyl sites for hydroxylation is 1. The first-order valence-electron chi connectivity index (χ1n) is 8.12. The van der Waals surface area contributed by atoms with Crippen LogP contribution in [0.4, 0.5) is 11.8 Å². The number of methoxy groups -OCH3 is 1. The molecule has 0 spiro atoms. The minimum absolute atomic E-state index is 0.345. The molecule has 0 aliphatic heterocycles. The van der Waals surface area contributed by atoms with Gasteiger partial charge in [0.2, 0.25) is 5.95 Å². The van der Waals surface area contributed by atoms with Crippen molar-refractivity contribution in [2.75, 3.05) is 51.4 Å². The molecule has 0 saturated carbocycles. The summed E-state index contributed by atoms with van der Waals surface area (Å²) >= 11 is 0. The van der Waals surface area contributed by atoms with Gasteiger partial charge in [-0.3, -0.25) is 0 Å². The fourth-order valence-corrected chi connectivity index (χ4v) is 2.33. The zero-order valence-corrected chi connectivity index (χ0v) is 14.5. The van der Waals surface area contributed by atoms with Crippen LogP contribution in [0, 0.1) is 6.92 Å². The van der Waals surface area contributed by atoms with Crippen molar-refractivity contribution in [2.24, 2.45) is 0 Å². The summed E-state index contributed by atoms with van der Waals surface area (Å²) in [5, 5.41) is 3.40. The average molecular weight is 309 g/mol. The fraction of sp³-hybridized carbons (Fsp3) is 0.750. The second-order valence-electron chi connectivity index (χ2n) is 5.67. The van der Waals surface area contributed by atoms with Crippen molar-refractivity contribution in [3.8, 4) is 0 Å². The van der Waals surface area contributed by atoms with E-state index >= 15 is 0 Å². The highest BCUT2D eigenvalue weighted by Crippen LogP contribution is 2.19. The quantitative estimate of drug-likeness (QED) is 0.610. The van der Waals surface area contributed by atoms with Crippen LogP contribution in [0.25, 0.3) is 0 Å². The Morgan fingerprint density at radius 2 is 2.00 bits per heavy atom. The molecule has 0 aromatic carbocycles. The van der Waals surface area contributed by atoms with E-state index in [1.807, 2.05) is 6.92 Å². The summed E-state index contributed by atoms with van der Waals surface area (Å²) in [7, 11) is 3.85. The van der Waals surface area contributed by atoms with E-state index in [0.717, 1.165) is 63.4 Å². The molecule has 1 heterocycles. The van der Waals surface area contributed by atoms with E-state index in [9.17, 15) is 0 Å². The minimum atomic E-state index is 0.345. The molecule has 0 fully saturated rings. The zero-order chi connectivity index (χ0) is 16.4. The average Bonchev–Trinajstić information content (AvgIpc) is 2.47. The molecule has 0 saturated heterocycles. The molecule has 0 radical (unpaired) electrons. The first-order valence-corrected chi connectivity index (χ1v) is 8.12. The van der Waals surface area contributed by atoms with E-state index in [2.05, 4.69) is 34.2 Å². The highest BCUT2D eigenvalue weighted by Gasteiger charge is 2.10. The smallest absolute Gasteiger partial charge is 0.222 e. The normalized spacial score (nSPS) is 11.1. The molecule has 6 heteroatoms. The van der Waals surface area contributed by atoms with Crippen molar-refractivity contribution in [3.05, 3.63) is 11.3 Å². The maximum absolute atomic E-state index is 5.78. The maximum atomic E-state index is 5.78. The summed E-state index contributed by atoms with van der Waals surface area (Å²) in [6.45, 7) is 7.86. The van der Waals surface area contributed by atoms with E-state index in [-0.39, 0.29) is 0 Å². The van der Waals surface area contributed by atoms with Gasteiger partial charge in [-0.05, 0) is 39.8 Å². The van der Waals surface area contributed by atoms with Crippen LogP contribution in [-0.2, 0) is 11.2 Å². The molecular formula is C16H31N5O. The summed E-state index contributed by atoms with van der Waals surface area (Å²) in [6, 6.07) is 0. The first kappa shape index (κ1) is 18.6. The monoisotopic (exact) mass is 309 g/mol. The molecular weight excluding hydrogens is 278 g/mol. The molecule has 0 bridgehead atoms. The Balaban J connectivity index is 2.59. The van der Waals surface area contributed by atoms with Crippen LogP contribution in [0.5, 0.6) is 0 Å². The molecule has 126 valence electrons. The predicted octanol–water partition coefficient (Wildman–Crippen LogP) is 2.09. The Morgan fingerprint density at radius 3 is 2.68 bits per heavy atom. The van der Waals surface area contributed by atoms with Gasteiger partial charge in [0.15, 0.2) is 0 Å². The van der Waals surface area contributed by atoms with Crippen LogP contribution >= 0.6 is 0 Å². The van der Waals surface area contributed by atoms with Gasteiger partial charge in [0.1, 0.15) is 5.82 Å². The molecule has 1 aromatic rings. The van der Waals surface area contributed by atoms with Crippen LogP contribution in [-0.4, -0.2) is 55.3 Å². The number of hydrogen-bond acceptors (Lipinski definition) is 6. The van der Waals surface area contributed by atoms with E-state index in [0.29, 0.717) is 5.95 Å². The summed E-state index contributed by atoms with van der Waals surface area (Å²) in [6.07, 6.45) is 4.31. The highest BCUT2D eigenvalue weighted by molar-refractivity contribution is 5.49. The van der Waals surface area contributed by atoms with Gasteiger partial charge < -0.3 is 20.7 Å². The van der Waals surface area contributed by atoms with Gasteiger partial charge in [0.25, 0.3) is 0 Å². The summed E-state index contributed by atoms with van der Waals surface area (Å²) < 4.78 is 5.10. The minimum Gasteiger partial charge on any atom is -0.383 e. The van der Waals surface area contributed by atoms with Crippen LogP contribution in [0.1, 0.15) is 37.4 Å². The van der Waals surface area contributed by atoms with Gasteiger partial charge in [0.05, 0.1) is 6.61 Å². The van der Waals surface area contributed by atoms with Crippen molar-refractivity contribution in [3.63, 3.8) is 0 Å². The number of aromatic nitrogens is 2. The Hall–Kier alpha value is -1.40. The lowest BCUT2D eigenvalue weighted by molar-refractivity contribution is 0.161. The maximum Gasteiger partial charge on any atom is 0.222 e. The number of nitrogen functional groups attached to an aromatic ring is 1.